The van der Waals surface area contributed by atoms with Crippen molar-refractivity contribution < 1.29 is 69.0 Å². The Morgan fingerprint density at radius 3 is 2.37 bits per heavy atom. The van der Waals surface area contributed by atoms with Crippen molar-refractivity contribution in [1.29, 1.82) is 5.26 Å². The normalized spacial score (nSPS) is 15.9. The Bertz CT molecular complexity index is 2710. The highest BCUT2D eigenvalue weighted by Gasteiger charge is 2.52. The van der Waals surface area contributed by atoms with Gasteiger partial charge >= 0.3 is 6.18 Å². The first-order chi connectivity index (χ1) is 30.6. The number of aromatic nitrogens is 1. The second kappa shape index (κ2) is 18.3. The van der Waals surface area contributed by atoms with E-state index in [9.17, 15) is 41.9 Å². The zero-order valence-corrected chi connectivity index (χ0v) is 34.8. The van der Waals surface area contributed by atoms with E-state index in [0.717, 1.165) is 28.1 Å². The SMILES string of the molecule is CN(C(=O)c1cccc(OCC(=O)NCCOc2c(F)cc(-c3ncc(N4C(=S)N(c5ccc(C#N)c(C(F)(F)F)c5F)C(=O)C4(C)C)cc3F)cc2F)c1C=O)C1CCC(=O)NC1=O. The molecule has 6 rings (SSSR count). The molecule has 0 saturated carbocycles. The number of alkyl halides is 3. The van der Waals surface area contributed by atoms with Gasteiger partial charge in [0.05, 0.1) is 46.9 Å². The quantitative estimate of drug-likeness (QED) is 0.0574. The van der Waals surface area contributed by atoms with Crippen LogP contribution in [0.25, 0.3) is 11.3 Å². The molecule has 0 bridgehead atoms. The number of amides is 5. The third kappa shape index (κ3) is 9.15. The minimum absolute atomic E-state index is 0.00822. The van der Waals surface area contributed by atoms with E-state index in [-0.39, 0.29) is 42.0 Å². The smallest absolute Gasteiger partial charge is 0.420 e. The van der Waals surface area contributed by atoms with Crippen LogP contribution in [-0.2, 0) is 25.4 Å². The number of rotatable bonds is 13. The number of nitriles is 1. The van der Waals surface area contributed by atoms with Crippen LogP contribution in [0.15, 0.2) is 54.7 Å². The van der Waals surface area contributed by atoms with E-state index in [0.29, 0.717) is 29.4 Å². The van der Waals surface area contributed by atoms with Gasteiger partial charge in [0.15, 0.2) is 47.0 Å². The molecular formula is C42H32F7N7O8S. The average Bonchev–Trinajstić information content (AvgIpc) is 3.42. The Balaban J connectivity index is 1.08. The lowest BCUT2D eigenvalue weighted by Gasteiger charge is -2.30. The van der Waals surface area contributed by atoms with Crippen molar-refractivity contribution in [2.75, 3.05) is 36.6 Å². The number of hydrogen-bond acceptors (Lipinski definition) is 11. The third-order valence-electron chi connectivity index (χ3n) is 10.2. The van der Waals surface area contributed by atoms with Gasteiger partial charge in [-0.05, 0) is 68.9 Å². The number of benzene rings is 3. The van der Waals surface area contributed by atoms with Crippen LogP contribution in [0.1, 0.15) is 58.5 Å². The number of pyridine rings is 1. The van der Waals surface area contributed by atoms with Crippen molar-refractivity contribution in [2.24, 2.45) is 0 Å². The number of imide groups is 1. The topological polar surface area (TPSA) is 191 Å². The standard InChI is InChI=1S/C42H32F7N7O8S/c1-41(2)39(62)55(28-8-7-20(16-50)33(34(28)46)42(47,48)49)40(65)56(41)22-15-25(43)35(52-17-22)21-13-26(44)36(27(45)14-21)63-12-11-51-32(59)19-64-30-6-4-5-23(24(30)18-57)38(61)54(3)29-9-10-31(58)53-37(29)60/h4-8,13-15,17-18,29H,9-12,19H2,1-3H3,(H,51,59)(H,53,58,60). The van der Waals surface area contributed by atoms with Crippen LogP contribution in [-0.4, -0.2) is 89.2 Å². The fourth-order valence-electron chi connectivity index (χ4n) is 7.04. The monoisotopic (exact) mass is 927 g/mol. The summed E-state index contributed by atoms with van der Waals surface area (Å²) < 4.78 is 113. The molecule has 2 saturated heterocycles. The number of carbonyl (C=O) groups excluding carboxylic acids is 6. The highest BCUT2D eigenvalue weighted by molar-refractivity contribution is 7.81. The molecule has 1 unspecified atom stereocenters. The molecule has 15 nitrogen and oxygen atoms in total. The van der Waals surface area contributed by atoms with Crippen LogP contribution in [0, 0.1) is 34.6 Å². The molecule has 0 spiro atoms. The van der Waals surface area contributed by atoms with Gasteiger partial charge in [-0.25, -0.2) is 17.6 Å². The summed E-state index contributed by atoms with van der Waals surface area (Å²) in [5.41, 5.74) is -7.23. The number of nitrogens with one attached hydrogen (secondary N) is 2. The lowest BCUT2D eigenvalue weighted by atomic mass is 10.0. The number of thiocarbonyl (C=S) groups is 1. The van der Waals surface area contributed by atoms with E-state index in [2.05, 4.69) is 15.6 Å². The number of likely N-dealkylation sites (N-methyl/N-ethyl adjacent to an activating group) is 1. The minimum atomic E-state index is -5.32. The Morgan fingerprint density at radius 2 is 1.75 bits per heavy atom. The Hall–Kier alpha value is -7.48. The van der Waals surface area contributed by atoms with Gasteiger partial charge in [0.1, 0.15) is 35.2 Å². The molecule has 65 heavy (non-hydrogen) atoms. The zero-order chi connectivity index (χ0) is 47.7. The molecule has 2 N–H and O–H groups in total. The van der Waals surface area contributed by atoms with E-state index in [4.69, 9.17) is 27.0 Å². The fraction of sp³-hybridized carbons (Fsp3) is 0.262. The second-order valence-electron chi connectivity index (χ2n) is 14.7. The van der Waals surface area contributed by atoms with E-state index in [1.807, 2.05) is 0 Å². The van der Waals surface area contributed by atoms with Gasteiger partial charge in [-0.2, -0.15) is 18.4 Å². The number of anilines is 2. The molecule has 3 heterocycles. The molecule has 0 aliphatic carbocycles. The molecule has 338 valence electrons. The molecule has 0 radical (unpaired) electrons. The van der Waals surface area contributed by atoms with Crippen molar-refractivity contribution >= 4 is 64.5 Å². The van der Waals surface area contributed by atoms with Gasteiger partial charge in [0.25, 0.3) is 17.7 Å². The summed E-state index contributed by atoms with van der Waals surface area (Å²) in [6.07, 6.45) is -3.95. The number of carbonyl (C=O) groups is 6. The van der Waals surface area contributed by atoms with E-state index >= 15 is 17.6 Å². The first-order valence-corrected chi connectivity index (χ1v) is 19.4. The number of halogens is 7. The van der Waals surface area contributed by atoms with Crippen molar-refractivity contribution in [2.45, 2.75) is 44.4 Å². The van der Waals surface area contributed by atoms with Gasteiger partial charge in [-0.3, -0.25) is 44.0 Å². The van der Waals surface area contributed by atoms with Crippen molar-refractivity contribution in [1.82, 2.24) is 20.5 Å². The summed E-state index contributed by atoms with van der Waals surface area (Å²) >= 11 is 5.36. The van der Waals surface area contributed by atoms with Crippen LogP contribution in [0.5, 0.6) is 11.5 Å². The third-order valence-corrected chi connectivity index (χ3v) is 10.6. The Kier molecular flexibility index (Phi) is 13.2. The van der Waals surface area contributed by atoms with Crippen LogP contribution >= 0.6 is 12.2 Å². The summed E-state index contributed by atoms with van der Waals surface area (Å²) in [7, 11) is 1.33. The van der Waals surface area contributed by atoms with Gasteiger partial charge in [-0.1, -0.05) is 6.07 Å². The first kappa shape index (κ1) is 47.0. The van der Waals surface area contributed by atoms with Crippen molar-refractivity contribution in [3.05, 3.63) is 100 Å². The van der Waals surface area contributed by atoms with Crippen LogP contribution in [0.4, 0.5) is 42.1 Å². The summed E-state index contributed by atoms with van der Waals surface area (Å²) in [5.74, 6) is -10.4. The number of piperidine rings is 1. The lowest BCUT2D eigenvalue weighted by Crippen LogP contribution is -2.53. The minimum Gasteiger partial charge on any atom is -0.486 e. The fourth-order valence-corrected chi connectivity index (χ4v) is 7.56. The van der Waals surface area contributed by atoms with Crippen molar-refractivity contribution in [3.8, 4) is 28.8 Å². The molecule has 2 aliphatic rings. The summed E-state index contributed by atoms with van der Waals surface area (Å²) in [6.45, 7) is 1.07. The van der Waals surface area contributed by atoms with E-state index < -0.39 is 123 Å². The average molecular weight is 928 g/mol. The van der Waals surface area contributed by atoms with Gasteiger partial charge in [0.2, 0.25) is 11.8 Å². The van der Waals surface area contributed by atoms with Crippen LogP contribution < -0.4 is 29.9 Å². The number of hydrogen-bond donors (Lipinski definition) is 2. The molecule has 2 aliphatic heterocycles. The van der Waals surface area contributed by atoms with E-state index in [1.54, 1.807) is 0 Å². The molecule has 3 aromatic carbocycles. The van der Waals surface area contributed by atoms with Crippen LogP contribution in [0.2, 0.25) is 0 Å². The molecule has 1 aromatic heterocycles. The predicted molar refractivity (Wildman–Crippen MR) is 216 cm³/mol. The molecule has 2 fully saturated rings. The van der Waals surface area contributed by atoms with E-state index in [1.165, 1.54) is 45.2 Å². The molecule has 4 aromatic rings. The zero-order valence-electron chi connectivity index (χ0n) is 33.9. The van der Waals surface area contributed by atoms with Crippen molar-refractivity contribution in [3.63, 3.8) is 0 Å². The highest BCUT2D eigenvalue weighted by Crippen LogP contribution is 2.42. The molecule has 5 amide bonds. The summed E-state index contributed by atoms with van der Waals surface area (Å²) in [5, 5.41) is 13.1. The Labute approximate surface area is 368 Å². The molecular weight excluding hydrogens is 896 g/mol. The Morgan fingerprint density at radius 1 is 1.06 bits per heavy atom. The maximum atomic E-state index is 15.7. The molecule has 1 atom stereocenters. The maximum absolute atomic E-state index is 15.7. The number of aldehydes is 1. The lowest BCUT2D eigenvalue weighted by molar-refractivity contribution is -0.140. The summed E-state index contributed by atoms with van der Waals surface area (Å²) in [6, 6.07) is 7.91. The predicted octanol–water partition coefficient (Wildman–Crippen LogP) is 5.38. The van der Waals surface area contributed by atoms with Gasteiger partial charge in [-0.15, -0.1) is 0 Å². The number of ether oxygens (including phenoxy) is 2. The van der Waals surface area contributed by atoms with Gasteiger partial charge < -0.3 is 24.6 Å². The van der Waals surface area contributed by atoms with Gasteiger partial charge in [0, 0.05) is 25.1 Å². The first-order valence-electron chi connectivity index (χ1n) is 19.0. The highest BCUT2D eigenvalue weighted by atomic mass is 32.1. The largest absolute Gasteiger partial charge is 0.486 e. The second-order valence-corrected chi connectivity index (χ2v) is 15.1. The summed E-state index contributed by atoms with van der Waals surface area (Å²) in [4.78, 5) is 81.5. The molecule has 23 heteroatoms. The maximum Gasteiger partial charge on any atom is 0.420 e. The number of nitrogens with zero attached hydrogens (tertiary/aromatic N) is 5. The van der Waals surface area contributed by atoms with Crippen LogP contribution in [0.3, 0.4) is 0 Å².